The average molecular weight is 457 g/mol. The van der Waals surface area contributed by atoms with E-state index in [2.05, 4.69) is 9.97 Å². The Kier molecular flexibility index (Phi) is 6.88. The molecule has 1 atom stereocenters. The van der Waals surface area contributed by atoms with Crippen LogP contribution in [0.4, 0.5) is 11.8 Å². The summed E-state index contributed by atoms with van der Waals surface area (Å²) in [4.78, 5) is 8.04. The Morgan fingerprint density at radius 1 is 1.09 bits per heavy atom. The fourth-order valence-electron chi connectivity index (χ4n) is 2.99. The van der Waals surface area contributed by atoms with Crippen molar-refractivity contribution in [3.63, 3.8) is 0 Å². The van der Waals surface area contributed by atoms with Gasteiger partial charge in [0, 0.05) is 18.2 Å². The molecule has 1 unspecified atom stereocenters. The molecule has 2 aromatic carbocycles. The van der Waals surface area contributed by atoms with Crippen LogP contribution in [0.2, 0.25) is 0 Å². The Hall–Kier alpha value is -3.33. The highest BCUT2D eigenvalue weighted by molar-refractivity contribution is 7.82. The molecule has 3 aromatic rings. The lowest BCUT2D eigenvalue weighted by atomic mass is 9.98. The van der Waals surface area contributed by atoms with Crippen molar-refractivity contribution in [2.75, 3.05) is 18.1 Å². The molecular formula is C23H28N4O4S. The maximum Gasteiger partial charge on any atom is 0.221 e. The second kappa shape index (κ2) is 9.44. The molecule has 0 aliphatic rings. The Morgan fingerprint density at radius 2 is 1.75 bits per heavy atom. The van der Waals surface area contributed by atoms with Crippen LogP contribution >= 0.6 is 0 Å². The van der Waals surface area contributed by atoms with E-state index in [1.54, 1.807) is 30.5 Å². The van der Waals surface area contributed by atoms with E-state index in [4.69, 9.17) is 20.4 Å². The molecule has 0 saturated carbocycles. The lowest BCUT2D eigenvalue weighted by molar-refractivity contribution is 0.340. The first-order chi connectivity index (χ1) is 15.1. The molecule has 0 spiro atoms. The minimum absolute atomic E-state index is 0.105. The van der Waals surface area contributed by atoms with Gasteiger partial charge in [0.05, 0.1) is 16.9 Å². The maximum absolute atomic E-state index is 12.9. The molecule has 32 heavy (non-hydrogen) atoms. The minimum Gasteiger partial charge on any atom is -0.508 e. The number of phenolic OH excluding ortho intramolecular Hbond substituents is 1. The van der Waals surface area contributed by atoms with Crippen LogP contribution in [0.1, 0.15) is 38.8 Å². The van der Waals surface area contributed by atoms with Gasteiger partial charge in [-0.3, -0.25) is 0 Å². The van der Waals surface area contributed by atoms with Crippen molar-refractivity contribution in [2.24, 2.45) is 0 Å². The summed E-state index contributed by atoms with van der Waals surface area (Å²) in [5.74, 6) is 1.50. The summed E-state index contributed by atoms with van der Waals surface area (Å²) < 4.78 is 24.2. The molecule has 0 aliphatic carbocycles. The van der Waals surface area contributed by atoms with Gasteiger partial charge in [-0.05, 0) is 63.1 Å². The van der Waals surface area contributed by atoms with Gasteiger partial charge in [-0.1, -0.05) is 12.1 Å². The van der Waals surface area contributed by atoms with E-state index in [0.717, 1.165) is 11.1 Å². The van der Waals surface area contributed by atoms with Crippen LogP contribution in [-0.2, 0) is 17.5 Å². The summed E-state index contributed by atoms with van der Waals surface area (Å²) in [5.41, 5.74) is 14.5. The predicted molar refractivity (Wildman–Crippen MR) is 127 cm³/mol. The molecule has 0 amide bonds. The third kappa shape index (κ3) is 5.47. The summed E-state index contributed by atoms with van der Waals surface area (Å²) in [5, 5.41) is 9.71. The fourth-order valence-corrected chi connectivity index (χ4v) is 3.54. The number of hydrogen-bond donors (Lipinski definition) is 3. The predicted octanol–water partition coefficient (Wildman–Crippen LogP) is 3.84. The molecule has 0 bridgehead atoms. The van der Waals surface area contributed by atoms with Gasteiger partial charge in [0.25, 0.3) is 0 Å². The largest absolute Gasteiger partial charge is 0.508 e. The van der Waals surface area contributed by atoms with Gasteiger partial charge in [-0.15, -0.1) is 0 Å². The van der Waals surface area contributed by atoms with Gasteiger partial charge in [0.1, 0.15) is 17.3 Å². The summed E-state index contributed by atoms with van der Waals surface area (Å²) in [7, 11) is 0. The number of aromatic hydroxyl groups is 1. The Morgan fingerprint density at radius 3 is 2.34 bits per heavy atom. The third-order valence-corrected chi connectivity index (χ3v) is 5.89. The zero-order chi connectivity index (χ0) is 23.5. The number of ether oxygens (including phenoxy) is 1. The molecule has 0 fully saturated rings. The number of nitrogens with zero attached hydrogens (tertiary/aromatic N) is 2. The molecule has 0 saturated heterocycles. The monoisotopic (exact) mass is 456 g/mol. The number of aromatic nitrogens is 2. The highest BCUT2D eigenvalue weighted by Crippen LogP contribution is 2.42. The lowest BCUT2D eigenvalue weighted by Crippen LogP contribution is -2.26. The number of nitrogen functional groups attached to an aromatic ring is 2. The van der Waals surface area contributed by atoms with Crippen molar-refractivity contribution in [2.45, 2.75) is 38.9 Å². The van der Waals surface area contributed by atoms with E-state index >= 15 is 0 Å². The minimum atomic E-state index is -1.62. The zero-order valence-corrected chi connectivity index (χ0v) is 19.4. The van der Waals surface area contributed by atoms with Crippen molar-refractivity contribution >= 4 is 22.8 Å². The Labute approximate surface area is 190 Å². The summed E-state index contributed by atoms with van der Waals surface area (Å²) in [6, 6.07) is 10.4. The number of anilines is 2. The summed E-state index contributed by atoms with van der Waals surface area (Å²) in [6.45, 7) is 7.81. The molecule has 0 aliphatic heterocycles. The maximum atomic E-state index is 12.9. The molecule has 9 heteroatoms. The number of hydrogen-bond acceptors (Lipinski definition) is 8. The molecular weight excluding hydrogens is 428 g/mol. The van der Waals surface area contributed by atoms with E-state index < -0.39 is 15.8 Å². The zero-order valence-electron chi connectivity index (χ0n) is 18.6. The molecule has 8 nitrogen and oxygen atoms in total. The van der Waals surface area contributed by atoms with Crippen LogP contribution in [0.5, 0.6) is 17.2 Å². The van der Waals surface area contributed by atoms with Crippen molar-refractivity contribution in [1.29, 1.82) is 0 Å². The summed E-state index contributed by atoms with van der Waals surface area (Å²) in [6.07, 6.45) is 1.99. The summed E-state index contributed by atoms with van der Waals surface area (Å²) >= 11 is -1.62. The van der Waals surface area contributed by atoms with Gasteiger partial charge in [0.15, 0.2) is 5.75 Å². The van der Waals surface area contributed by atoms with Gasteiger partial charge in [0.2, 0.25) is 17.0 Å². The van der Waals surface area contributed by atoms with Crippen LogP contribution < -0.4 is 20.4 Å². The molecule has 1 aromatic heterocycles. The second-order valence-corrected chi connectivity index (χ2v) is 10.1. The van der Waals surface area contributed by atoms with Gasteiger partial charge < -0.3 is 25.5 Å². The van der Waals surface area contributed by atoms with Crippen LogP contribution in [0.3, 0.4) is 0 Å². The van der Waals surface area contributed by atoms with Crippen molar-refractivity contribution in [3.8, 4) is 28.4 Å². The topological polar surface area (TPSA) is 134 Å². The number of nitrogens with two attached hydrogens (primary N) is 2. The quantitative estimate of drug-likeness (QED) is 0.488. The van der Waals surface area contributed by atoms with E-state index in [0.29, 0.717) is 41.5 Å². The molecule has 1 heterocycles. The van der Waals surface area contributed by atoms with Crippen LogP contribution in [0.25, 0.3) is 11.1 Å². The van der Waals surface area contributed by atoms with Gasteiger partial charge in [-0.2, -0.15) is 4.98 Å². The first-order valence-corrected chi connectivity index (χ1v) is 11.2. The van der Waals surface area contributed by atoms with Crippen molar-refractivity contribution in [3.05, 3.63) is 53.7 Å². The highest BCUT2D eigenvalue weighted by atomic mass is 32.2. The van der Waals surface area contributed by atoms with E-state index in [1.807, 2.05) is 39.8 Å². The van der Waals surface area contributed by atoms with Gasteiger partial charge in [-0.25, -0.2) is 9.19 Å². The molecule has 170 valence electrons. The standard InChI is InChI=1S/C23H28N4O4S/c1-5-30-18-11-14(10-16-13-26-22(25)27-21(16)24)12-19(31-32(29)23(2,3)4)20(18)15-6-8-17(28)9-7-15/h6-9,11-13,28H,5,10H2,1-4H3,(H4,24,25,26,27). The molecule has 3 rings (SSSR count). The van der Waals surface area contributed by atoms with E-state index in [1.165, 1.54) is 0 Å². The Balaban J connectivity index is 2.15. The number of rotatable bonds is 7. The lowest BCUT2D eigenvalue weighted by Gasteiger charge is -2.21. The first-order valence-electron chi connectivity index (χ1n) is 10.1. The number of phenols is 1. The van der Waals surface area contributed by atoms with Crippen LogP contribution in [0.15, 0.2) is 42.6 Å². The molecule has 5 N–H and O–H groups in total. The average Bonchev–Trinajstić information content (AvgIpc) is 2.71. The normalized spacial score (nSPS) is 12.4. The van der Waals surface area contributed by atoms with Crippen molar-refractivity contribution in [1.82, 2.24) is 9.97 Å². The SMILES string of the molecule is CCOc1cc(Cc2cnc(N)nc2N)cc(OS(=O)C(C)(C)C)c1-c1ccc(O)cc1. The molecule has 0 radical (unpaired) electrons. The van der Waals surface area contributed by atoms with Crippen LogP contribution in [0, 0.1) is 0 Å². The second-order valence-electron chi connectivity index (χ2n) is 8.19. The van der Waals surface area contributed by atoms with Crippen molar-refractivity contribution < 1.29 is 18.2 Å². The highest BCUT2D eigenvalue weighted by Gasteiger charge is 2.25. The number of benzene rings is 2. The van der Waals surface area contributed by atoms with Crippen LogP contribution in [-0.4, -0.2) is 30.6 Å². The smallest absolute Gasteiger partial charge is 0.221 e. The van der Waals surface area contributed by atoms with Gasteiger partial charge >= 0.3 is 0 Å². The Bertz CT molecular complexity index is 1130. The fraction of sp³-hybridized carbons (Fsp3) is 0.304. The van der Waals surface area contributed by atoms with E-state index in [9.17, 15) is 9.32 Å². The van der Waals surface area contributed by atoms with E-state index in [-0.39, 0.29) is 11.7 Å². The third-order valence-electron chi connectivity index (χ3n) is 4.56. The first kappa shape index (κ1) is 23.3.